The fourth-order valence-corrected chi connectivity index (χ4v) is 2.35. The van der Waals surface area contributed by atoms with Crippen molar-refractivity contribution in [1.82, 2.24) is 5.32 Å². The molecule has 0 fully saturated rings. The smallest absolute Gasteiger partial charge is 0.333 e. The van der Waals surface area contributed by atoms with Crippen LogP contribution in [0.4, 0.5) is 8.78 Å². The average Bonchev–Trinajstić information content (AvgIpc) is 2.61. The number of amides is 1. The topological polar surface area (TPSA) is 64.6 Å². The highest BCUT2D eigenvalue weighted by Gasteiger charge is 2.27. The number of hydrogen-bond donors (Lipinski definition) is 1. The molecule has 0 aliphatic heterocycles. The summed E-state index contributed by atoms with van der Waals surface area (Å²) in [4.78, 5) is 24.2. The molecule has 2 rings (SSSR count). The molecule has 132 valence electrons. The molecule has 7 heteroatoms. The molecular weight excluding hydrogens is 332 g/mol. The van der Waals surface area contributed by atoms with E-state index in [0.29, 0.717) is 11.3 Å². The Kier molecular flexibility index (Phi) is 6.05. The maximum Gasteiger partial charge on any atom is 0.333 e. The molecule has 25 heavy (non-hydrogen) atoms. The van der Waals surface area contributed by atoms with Gasteiger partial charge in [0, 0.05) is 11.1 Å². The van der Waals surface area contributed by atoms with Crippen molar-refractivity contribution in [1.29, 1.82) is 0 Å². The summed E-state index contributed by atoms with van der Waals surface area (Å²) in [5, 5.41) is 2.38. The number of nitrogens with one attached hydrogen (secondary N) is 1. The van der Waals surface area contributed by atoms with E-state index in [0.717, 1.165) is 25.3 Å². The summed E-state index contributed by atoms with van der Waals surface area (Å²) in [6.45, 7) is 0. The van der Waals surface area contributed by atoms with Crippen LogP contribution in [0.25, 0.3) is 0 Å². The second kappa shape index (κ2) is 8.23. The summed E-state index contributed by atoms with van der Waals surface area (Å²) in [5.41, 5.74) is 0.283. The summed E-state index contributed by atoms with van der Waals surface area (Å²) in [6, 6.07) is 8.05. The SMILES string of the molecule is COC(=O)[C@H](NC(=O)Cc1ccccc1OC)c1cc(F)ccc1F. The maximum absolute atomic E-state index is 14.0. The number of ether oxygens (including phenoxy) is 2. The molecule has 0 aromatic heterocycles. The third-order valence-electron chi connectivity index (χ3n) is 3.55. The largest absolute Gasteiger partial charge is 0.496 e. The number of hydrogen-bond acceptors (Lipinski definition) is 4. The number of methoxy groups -OCH3 is 2. The zero-order chi connectivity index (χ0) is 18.4. The van der Waals surface area contributed by atoms with Gasteiger partial charge in [-0.25, -0.2) is 13.6 Å². The lowest BCUT2D eigenvalue weighted by atomic mass is 10.0. The molecule has 0 heterocycles. The lowest BCUT2D eigenvalue weighted by molar-refractivity contribution is -0.145. The first-order valence-electron chi connectivity index (χ1n) is 7.40. The quantitative estimate of drug-likeness (QED) is 0.814. The highest BCUT2D eigenvalue weighted by molar-refractivity contribution is 5.86. The van der Waals surface area contributed by atoms with E-state index in [1.165, 1.54) is 7.11 Å². The van der Waals surface area contributed by atoms with Gasteiger partial charge in [-0.15, -0.1) is 0 Å². The molecule has 5 nitrogen and oxygen atoms in total. The molecule has 1 amide bonds. The maximum atomic E-state index is 14.0. The van der Waals surface area contributed by atoms with Gasteiger partial charge in [-0.2, -0.15) is 0 Å². The fourth-order valence-electron chi connectivity index (χ4n) is 2.35. The monoisotopic (exact) mass is 349 g/mol. The van der Waals surface area contributed by atoms with Crippen LogP contribution in [-0.4, -0.2) is 26.1 Å². The lowest BCUT2D eigenvalue weighted by Crippen LogP contribution is -2.36. The van der Waals surface area contributed by atoms with Crippen molar-refractivity contribution < 1.29 is 27.8 Å². The Morgan fingerprint density at radius 2 is 1.84 bits per heavy atom. The van der Waals surface area contributed by atoms with Gasteiger partial charge >= 0.3 is 5.97 Å². The summed E-state index contributed by atoms with van der Waals surface area (Å²) >= 11 is 0. The summed E-state index contributed by atoms with van der Waals surface area (Å²) in [5.74, 6) is -2.52. The zero-order valence-electron chi connectivity index (χ0n) is 13.7. The van der Waals surface area contributed by atoms with E-state index in [4.69, 9.17) is 4.74 Å². The van der Waals surface area contributed by atoms with Crippen molar-refractivity contribution in [3.63, 3.8) is 0 Å². The third-order valence-corrected chi connectivity index (χ3v) is 3.55. The fraction of sp³-hybridized carbons (Fsp3) is 0.222. The molecule has 0 saturated carbocycles. The molecule has 1 atom stereocenters. The summed E-state index contributed by atoms with van der Waals surface area (Å²) in [6.07, 6.45) is -0.103. The Balaban J connectivity index is 2.24. The van der Waals surface area contributed by atoms with Crippen molar-refractivity contribution in [2.24, 2.45) is 0 Å². The summed E-state index contributed by atoms with van der Waals surface area (Å²) in [7, 11) is 2.56. The minimum absolute atomic E-state index is 0.103. The normalized spacial score (nSPS) is 11.5. The molecule has 0 aliphatic rings. The Bertz CT molecular complexity index is 779. The van der Waals surface area contributed by atoms with Crippen LogP contribution < -0.4 is 10.1 Å². The molecule has 2 aromatic carbocycles. The van der Waals surface area contributed by atoms with Crippen LogP contribution in [0.2, 0.25) is 0 Å². The van der Waals surface area contributed by atoms with E-state index < -0.39 is 29.6 Å². The van der Waals surface area contributed by atoms with Gasteiger partial charge in [0.25, 0.3) is 0 Å². The average molecular weight is 349 g/mol. The molecule has 0 unspecified atom stereocenters. The number of carbonyl (C=O) groups is 2. The first-order chi connectivity index (χ1) is 12.0. The van der Waals surface area contributed by atoms with Crippen LogP contribution >= 0.6 is 0 Å². The molecule has 0 saturated heterocycles. The van der Waals surface area contributed by atoms with Crippen LogP contribution in [0.5, 0.6) is 5.75 Å². The number of rotatable bonds is 6. The van der Waals surface area contributed by atoms with Crippen LogP contribution in [0, 0.1) is 11.6 Å². The van der Waals surface area contributed by atoms with Crippen molar-refractivity contribution in [2.75, 3.05) is 14.2 Å². The standard InChI is InChI=1S/C18H17F2NO4/c1-24-15-6-4-3-5-11(15)9-16(22)21-17(18(23)25-2)13-10-12(19)7-8-14(13)20/h3-8,10,17H,9H2,1-2H3,(H,21,22)/t17-/m1/s1. The molecule has 0 spiro atoms. The first-order valence-corrected chi connectivity index (χ1v) is 7.40. The van der Waals surface area contributed by atoms with Gasteiger partial charge in [0.2, 0.25) is 5.91 Å². The second-order valence-corrected chi connectivity index (χ2v) is 5.18. The van der Waals surface area contributed by atoms with Crippen molar-refractivity contribution in [3.8, 4) is 5.75 Å². The first kappa shape index (κ1) is 18.4. The number of carbonyl (C=O) groups excluding carboxylic acids is 2. The Morgan fingerprint density at radius 3 is 2.52 bits per heavy atom. The van der Waals surface area contributed by atoms with Crippen molar-refractivity contribution in [2.45, 2.75) is 12.5 Å². The zero-order valence-corrected chi connectivity index (χ0v) is 13.7. The van der Waals surface area contributed by atoms with E-state index in [1.54, 1.807) is 24.3 Å². The Morgan fingerprint density at radius 1 is 1.12 bits per heavy atom. The van der Waals surface area contributed by atoms with E-state index in [1.807, 2.05) is 0 Å². The van der Waals surface area contributed by atoms with Crippen LogP contribution in [-0.2, 0) is 20.7 Å². The molecule has 0 aliphatic carbocycles. The highest BCUT2D eigenvalue weighted by atomic mass is 19.1. The van der Waals surface area contributed by atoms with Gasteiger partial charge in [-0.05, 0) is 24.3 Å². The van der Waals surface area contributed by atoms with Gasteiger partial charge in [-0.1, -0.05) is 18.2 Å². The van der Waals surface area contributed by atoms with Crippen LogP contribution in [0.3, 0.4) is 0 Å². The molecular formula is C18H17F2NO4. The predicted molar refractivity (Wildman–Crippen MR) is 86.0 cm³/mol. The second-order valence-electron chi connectivity index (χ2n) is 5.18. The van der Waals surface area contributed by atoms with Gasteiger partial charge < -0.3 is 14.8 Å². The van der Waals surface area contributed by atoms with Gasteiger partial charge in [0.05, 0.1) is 20.6 Å². The Labute approximate surface area is 143 Å². The number of halogens is 2. The number of benzene rings is 2. The molecule has 0 bridgehead atoms. The van der Waals surface area contributed by atoms with E-state index >= 15 is 0 Å². The van der Waals surface area contributed by atoms with Crippen molar-refractivity contribution >= 4 is 11.9 Å². The number of esters is 1. The van der Waals surface area contributed by atoms with E-state index in [9.17, 15) is 18.4 Å². The van der Waals surface area contributed by atoms with E-state index in [2.05, 4.69) is 10.1 Å². The minimum Gasteiger partial charge on any atom is -0.496 e. The molecule has 0 radical (unpaired) electrons. The minimum atomic E-state index is -1.46. The molecule has 2 aromatic rings. The third kappa shape index (κ3) is 4.53. The van der Waals surface area contributed by atoms with Gasteiger partial charge in [0.1, 0.15) is 17.4 Å². The summed E-state index contributed by atoms with van der Waals surface area (Å²) < 4.78 is 37.1. The Hall–Kier alpha value is -2.96. The predicted octanol–water partition coefficient (Wildman–Crippen LogP) is 2.55. The van der Waals surface area contributed by atoms with Crippen molar-refractivity contribution in [3.05, 3.63) is 65.2 Å². The van der Waals surface area contributed by atoms with E-state index in [-0.39, 0.29) is 12.0 Å². The molecule has 1 N–H and O–H groups in total. The highest BCUT2D eigenvalue weighted by Crippen LogP contribution is 2.21. The van der Waals surface area contributed by atoms with Crippen LogP contribution in [0.1, 0.15) is 17.2 Å². The lowest BCUT2D eigenvalue weighted by Gasteiger charge is -2.18. The number of para-hydroxylation sites is 1. The van der Waals surface area contributed by atoms with Gasteiger partial charge in [0.15, 0.2) is 6.04 Å². The van der Waals surface area contributed by atoms with Gasteiger partial charge in [-0.3, -0.25) is 4.79 Å². The van der Waals surface area contributed by atoms with Crippen LogP contribution in [0.15, 0.2) is 42.5 Å².